The Bertz CT molecular complexity index is 298. The molecule has 0 aromatic heterocycles. The van der Waals surface area contributed by atoms with E-state index in [1.165, 1.54) is 6.07 Å². The first-order valence-corrected chi connectivity index (χ1v) is 6.29. The van der Waals surface area contributed by atoms with Crippen LogP contribution in [0.15, 0.2) is 18.2 Å². The number of hydrogen-bond acceptors (Lipinski definition) is 1. The molecular formula is C12H15Cl2FO. The Kier molecular flexibility index (Phi) is 6.58. The van der Waals surface area contributed by atoms with E-state index >= 15 is 0 Å². The zero-order valence-corrected chi connectivity index (χ0v) is 10.5. The van der Waals surface area contributed by atoms with Crippen molar-refractivity contribution >= 4 is 23.2 Å². The van der Waals surface area contributed by atoms with Gasteiger partial charge in [-0.2, -0.15) is 0 Å². The van der Waals surface area contributed by atoms with Crippen LogP contribution in [0.4, 0.5) is 4.39 Å². The minimum absolute atomic E-state index is 0.154. The standard InChI is InChI=1S/C12H15Cl2FO/c13-8-3-1-2-4-9-16-12-10(14)6-5-7-11(12)15/h5-7H,1-4,8-9H2. The van der Waals surface area contributed by atoms with Gasteiger partial charge in [0, 0.05) is 5.88 Å². The molecule has 0 spiro atoms. The molecule has 0 N–H and O–H groups in total. The number of halogens is 3. The van der Waals surface area contributed by atoms with Crippen molar-refractivity contribution in [2.75, 3.05) is 12.5 Å². The minimum atomic E-state index is -0.409. The third kappa shape index (κ3) is 4.58. The first-order valence-electron chi connectivity index (χ1n) is 5.38. The molecule has 0 radical (unpaired) electrons. The van der Waals surface area contributed by atoms with Crippen molar-refractivity contribution in [3.63, 3.8) is 0 Å². The van der Waals surface area contributed by atoms with E-state index in [2.05, 4.69) is 0 Å². The van der Waals surface area contributed by atoms with Crippen LogP contribution in [0.5, 0.6) is 5.75 Å². The van der Waals surface area contributed by atoms with Gasteiger partial charge in [0.05, 0.1) is 11.6 Å². The van der Waals surface area contributed by atoms with E-state index in [1.807, 2.05) is 0 Å². The molecule has 1 nitrogen and oxygen atoms in total. The summed E-state index contributed by atoms with van der Waals surface area (Å²) in [4.78, 5) is 0. The Morgan fingerprint density at radius 2 is 1.88 bits per heavy atom. The van der Waals surface area contributed by atoms with Crippen LogP contribution in [0.1, 0.15) is 25.7 Å². The number of para-hydroxylation sites is 1. The lowest BCUT2D eigenvalue weighted by molar-refractivity contribution is 0.291. The van der Waals surface area contributed by atoms with Gasteiger partial charge in [-0.15, -0.1) is 11.6 Å². The molecule has 1 aromatic carbocycles. The maximum Gasteiger partial charge on any atom is 0.173 e. The predicted octanol–water partition coefficient (Wildman–Crippen LogP) is 4.66. The summed E-state index contributed by atoms with van der Waals surface area (Å²) >= 11 is 11.4. The molecule has 0 amide bonds. The maximum atomic E-state index is 13.3. The lowest BCUT2D eigenvalue weighted by atomic mass is 10.2. The molecule has 4 heteroatoms. The zero-order valence-electron chi connectivity index (χ0n) is 9.02. The van der Waals surface area contributed by atoms with Gasteiger partial charge in [-0.3, -0.25) is 0 Å². The van der Waals surface area contributed by atoms with Gasteiger partial charge in [-0.1, -0.05) is 30.5 Å². The zero-order chi connectivity index (χ0) is 11.8. The number of alkyl halides is 1. The molecule has 90 valence electrons. The lowest BCUT2D eigenvalue weighted by Gasteiger charge is -2.08. The maximum absolute atomic E-state index is 13.3. The second kappa shape index (κ2) is 7.75. The highest BCUT2D eigenvalue weighted by atomic mass is 35.5. The van der Waals surface area contributed by atoms with Gasteiger partial charge < -0.3 is 4.74 Å². The first-order chi connectivity index (χ1) is 7.75. The molecule has 0 fully saturated rings. The van der Waals surface area contributed by atoms with E-state index in [4.69, 9.17) is 27.9 Å². The van der Waals surface area contributed by atoms with Crippen LogP contribution in [0, 0.1) is 5.82 Å². The third-order valence-electron chi connectivity index (χ3n) is 2.19. The summed E-state index contributed by atoms with van der Waals surface area (Å²) in [6.07, 6.45) is 4.03. The highest BCUT2D eigenvalue weighted by Gasteiger charge is 2.07. The Labute approximate surface area is 106 Å². The molecule has 1 aromatic rings. The molecular weight excluding hydrogens is 250 g/mol. The van der Waals surface area contributed by atoms with Gasteiger partial charge in [0.1, 0.15) is 0 Å². The van der Waals surface area contributed by atoms with Crippen LogP contribution in [-0.2, 0) is 0 Å². The largest absolute Gasteiger partial charge is 0.489 e. The molecule has 0 aliphatic rings. The fourth-order valence-corrected chi connectivity index (χ4v) is 1.75. The average Bonchev–Trinajstić information content (AvgIpc) is 2.26. The number of hydrogen-bond donors (Lipinski definition) is 0. The summed E-state index contributed by atoms with van der Waals surface area (Å²) < 4.78 is 18.6. The van der Waals surface area contributed by atoms with Crippen LogP contribution in [0.2, 0.25) is 5.02 Å². The van der Waals surface area contributed by atoms with Crippen molar-refractivity contribution in [3.05, 3.63) is 29.0 Å². The molecule has 16 heavy (non-hydrogen) atoms. The Balaban J connectivity index is 2.26. The van der Waals surface area contributed by atoms with Crippen molar-refractivity contribution < 1.29 is 9.13 Å². The molecule has 0 aliphatic heterocycles. The Morgan fingerprint density at radius 1 is 1.12 bits per heavy atom. The fourth-order valence-electron chi connectivity index (χ4n) is 1.34. The van der Waals surface area contributed by atoms with Crippen LogP contribution in [0.3, 0.4) is 0 Å². The SMILES string of the molecule is Fc1cccc(Cl)c1OCCCCCCCl. The van der Waals surface area contributed by atoms with E-state index in [9.17, 15) is 4.39 Å². The van der Waals surface area contributed by atoms with Gasteiger partial charge in [0.15, 0.2) is 11.6 Å². The van der Waals surface area contributed by atoms with Crippen molar-refractivity contribution in [2.24, 2.45) is 0 Å². The second-order valence-corrected chi connectivity index (χ2v) is 4.29. The summed E-state index contributed by atoms with van der Waals surface area (Å²) in [5.41, 5.74) is 0. The van der Waals surface area contributed by atoms with E-state index in [0.29, 0.717) is 17.5 Å². The molecule has 0 saturated heterocycles. The highest BCUT2D eigenvalue weighted by Crippen LogP contribution is 2.27. The van der Waals surface area contributed by atoms with Gasteiger partial charge in [0.2, 0.25) is 0 Å². The van der Waals surface area contributed by atoms with E-state index in [0.717, 1.165) is 25.7 Å². The quantitative estimate of drug-likeness (QED) is 0.514. The number of unbranched alkanes of at least 4 members (excludes halogenated alkanes) is 3. The van der Waals surface area contributed by atoms with E-state index in [1.54, 1.807) is 12.1 Å². The van der Waals surface area contributed by atoms with Crippen molar-refractivity contribution in [1.29, 1.82) is 0 Å². The molecule has 0 bridgehead atoms. The molecule has 1 rings (SSSR count). The Hall–Kier alpha value is -0.470. The number of benzene rings is 1. The lowest BCUT2D eigenvalue weighted by Crippen LogP contribution is -1.99. The topological polar surface area (TPSA) is 9.23 Å². The van der Waals surface area contributed by atoms with Crippen LogP contribution >= 0.6 is 23.2 Å². The normalized spacial score (nSPS) is 10.4. The monoisotopic (exact) mass is 264 g/mol. The number of ether oxygens (including phenoxy) is 1. The van der Waals surface area contributed by atoms with Gasteiger partial charge in [0.25, 0.3) is 0 Å². The van der Waals surface area contributed by atoms with Gasteiger partial charge >= 0.3 is 0 Å². The van der Waals surface area contributed by atoms with Crippen molar-refractivity contribution in [2.45, 2.75) is 25.7 Å². The van der Waals surface area contributed by atoms with Crippen LogP contribution in [0.25, 0.3) is 0 Å². The average molecular weight is 265 g/mol. The van der Waals surface area contributed by atoms with Crippen molar-refractivity contribution in [3.8, 4) is 5.75 Å². The summed E-state index contributed by atoms with van der Waals surface area (Å²) in [5, 5.41) is 0.320. The van der Waals surface area contributed by atoms with Crippen LogP contribution < -0.4 is 4.74 Å². The Morgan fingerprint density at radius 3 is 2.56 bits per heavy atom. The third-order valence-corrected chi connectivity index (χ3v) is 2.76. The highest BCUT2D eigenvalue weighted by molar-refractivity contribution is 6.32. The van der Waals surface area contributed by atoms with Crippen LogP contribution in [-0.4, -0.2) is 12.5 Å². The number of rotatable bonds is 7. The predicted molar refractivity (Wildman–Crippen MR) is 66.1 cm³/mol. The molecule has 0 unspecified atom stereocenters. The molecule has 0 heterocycles. The molecule has 0 aliphatic carbocycles. The van der Waals surface area contributed by atoms with Gasteiger partial charge in [-0.25, -0.2) is 4.39 Å². The second-order valence-electron chi connectivity index (χ2n) is 3.50. The van der Waals surface area contributed by atoms with Gasteiger partial charge in [-0.05, 0) is 25.0 Å². The minimum Gasteiger partial charge on any atom is -0.489 e. The summed E-state index contributed by atoms with van der Waals surface area (Å²) in [5.74, 6) is 0.440. The van der Waals surface area contributed by atoms with E-state index in [-0.39, 0.29) is 5.75 Å². The molecule has 0 atom stereocenters. The smallest absolute Gasteiger partial charge is 0.173 e. The van der Waals surface area contributed by atoms with E-state index < -0.39 is 5.82 Å². The first kappa shape index (κ1) is 13.6. The van der Waals surface area contributed by atoms with Crippen molar-refractivity contribution in [1.82, 2.24) is 0 Å². The summed E-state index contributed by atoms with van der Waals surface area (Å²) in [6.45, 7) is 0.489. The summed E-state index contributed by atoms with van der Waals surface area (Å²) in [6, 6.07) is 4.52. The molecule has 0 saturated carbocycles. The fraction of sp³-hybridized carbons (Fsp3) is 0.500. The summed E-state index contributed by atoms with van der Waals surface area (Å²) in [7, 11) is 0.